The molecule has 4 N–H and O–H groups in total. The van der Waals surface area contributed by atoms with Gasteiger partial charge in [-0.15, -0.1) is 0 Å². The molecular weight excluding hydrogens is 512 g/mol. The summed E-state index contributed by atoms with van der Waals surface area (Å²) < 4.78 is 17.6. The first-order valence-electron chi connectivity index (χ1n) is 14.0. The molecule has 0 bridgehead atoms. The Balaban J connectivity index is 1.90. The van der Waals surface area contributed by atoms with E-state index in [4.69, 9.17) is 14.2 Å². The van der Waals surface area contributed by atoms with Crippen LogP contribution in [0.2, 0.25) is 0 Å². The fourth-order valence-corrected chi connectivity index (χ4v) is 4.66. The molecule has 1 aliphatic rings. The monoisotopic (exact) mass is 556 g/mol. The van der Waals surface area contributed by atoms with Gasteiger partial charge in [0.2, 0.25) is 0 Å². The first kappa shape index (κ1) is 31.2. The van der Waals surface area contributed by atoms with E-state index in [0.29, 0.717) is 48.1 Å². The summed E-state index contributed by atoms with van der Waals surface area (Å²) in [6.07, 6.45) is 2.45. The third-order valence-electron chi connectivity index (χ3n) is 7.06. The number of likely N-dealkylation sites (N-methyl/N-ethyl adjacent to an activating group) is 1. The molecule has 40 heavy (non-hydrogen) atoms. The minimum atomic E-state index is -0.450. The highest BCUT2D eigenvalue weighted by molar-refractivity contribution is 6.02. The van der Waals surface area contributed by atoms with Crippen molar-refractivity contribution < 1.29 is 28.9 Å². The second-order valence-corrected chi connectivity index (χ2v) is 10.4. The molecule has 0 radical (unpaired) electrons. The van der Waals surface area contributed by atoms with Crippen LogP contribution in [0.25, 0.3) is 0 Å². The van der Waals surface area contributed by atoms with Gasteiger partial charge in [-0.1, -0.05) is 6.92 Å². The van der Waals surface area contributed by atoms with Crippen molar-refractivity contribution >= 4 is 23.3 Å². The predicted molar refractivity (Wildman–Crippen MR) is 156 cm³/mol. The van der Waals surface area contributed by atoms with Crippen molar-refractivity contribution in [2.24, 2.45) is 5.92 Å². The van der Waals surface area contributed by atoms with E-state index in [-0.39, 0.29) is 30.6 Å². The molecule has 0 saturated heterocycles. The molecule has 1 aliphatic heterocycles. The van der Waals surface area contributed by atoms with Crippen LogP contribution in [0.3, 0.4) is 0 Å². The third kappa shape index (κ3) is 8.84. The number of carbonyl (C=O) groups is 2. The van der Waals surface area contributed by atoms with Gasteiger partial charge in [0.15, 0.2) is 0 Å². The summed E-state index contributed by atoms with van der Waals surface area (Å²) in [7, 11) is 3.46. The van der Waals surface area contributed by atoms with Gasteiger partial charge in [-0.2, -0.15) is 0 Å². The van der Waals surface area contributed by atoms with Crippen LogP contribution in [-0.4, -0.2) is 80.7 Å². The maximum absolute atomic E-state index is 14.1. The minimum absolute atomic E-state index is 0.00761. The summed E-state index contributed by atoms with van der Waals surface area (Å²) in [5.41, 5.74) is 1.36. The Kier molecular flexibility index (Phi) is 12.0. The number of methoxy groups -OCH3 is 1. The predicted octanol–water partition coefficient (Wildman–Crippen LogP) is 4.35. The SMILES string of the molecule is CNC[C@@H]1OCCCC[C@H](C)Oc2ccc(NC(=O)Nc3ccc(OC)cc3)cc2C(=O)N([C@@H](C)CO)C[C@@H]1C. The van der Waals surface area contributed by atoms with Crippen LogP contribution >= 0.6 is 0 Å². The number of aliphatic hydroxyl groups is 1. The lowest BCUT2D eigenvalue weighted by atomic mass is 10.0. The molecule has 220 valence electrons. The van der Waals surface area contributed by atoms with E-state index in [1.54, 1.807) is 54.5 Å². The van der Waals surface area contributed by atoms with Crippen LogP contribution in [-0.2, 0) is 4.74 Å². The van der Waals surface area contributed by atoms with E-state index >= 15 is 0 Å². The van der Waals surface area contributed by atoms with E-state index in [0.717, 1.165) is 19.3 Å². The number of aliphatic hydroxyl groups excluding tert-OH is 1. The number of fused-ring (bicyclic) bond motifs is 1. The number of anilines is 2. The molecule has 3 rings (SSSR count). The zero-order chi connectivity index (χ0) is 29.1. The van der Waals surface area contributed by atoms with Crippen molar-refractivity contribution in [3.63, 3.8) is 0 Å². The lowest BCUT2D eigenvalue weighted by Gasteiger charge is -2.34. The number of carbonyl (C=O) groups excluding carboxylic acids is 2. The molecule has 0 saturated carbocycles. The number of urea groups is 1. The summed E-state index contributed by atoms with van der Waals surface area (Å²) in [5.74, 6) is 0.856. The van der Waals surface area contributed by atoms with E-state index in [1.807, 2.05) is 20.9 Å². The van der Waals surface area contributed by atoms with Crippen LogP contribution in [0.15, 0.2) is 42.5 Å². The van der Waals surface area contributed by atoms with E-state index in [9.17, 15) is 14.7 Å². The number of hydrogen-bond donors (Lipinski definition) is 4. The lowest BCUT2D eigenvalue weighted by Crippen LogP contribution is -2.47. The number of nitrogens with one attached hydrogen (secondary N) is 3. The Labute approximate surface area is 237 Å². The zero-order valence-corrected chi connectivity index (χ0v) is 24.2. The molecule has 2 aromatic carbocycles. The van der Waals surface area contributed by atoms with E-state index in [1.165, 1.54) is 0 Å². The van der Waals surface area contributed by atoms with Gasteiger partial charge in [-0.05, 0) is 82.6 Å². The molecular formula is C30H44N4O6. The number of amides is 3. The molecule has 1 heterocycles. The molecule has 10 nitrogen and oxygen atoms in total. The number of nitrogens with zero attached hydrogens (tertiary/aromatic N) is 1. The van der Waals surface area contributed by atoms with Crippen LogP contribution in [0.5, 0.6) is 11.5 Å². The van der Waals surface area contributed by atoms with Gasteiger partial charge in [-0.3, -0.25) is 4.79 Å². The summed E-state index contributed by atoms with van der Waals surface area (Å²) in [5, 5.41) is 18.8. The summed E-state index contributed by atoms with van der Waals surface area (Å²) >= 11 is 0. The normalized spacial score (nSPS) is 21.4. The summed E-state index contributed by atoms with van der Waals surface area (Å²) in [4.78, 5) is 28.5. The van der Waals surface area contributed by atoms with Gasteiger partial charge in [0.1, 0.15) is 11.5 Å². The average Bonchev–Trinajstić information content (AvgIpc) is 2.95. The van der Waals surface area contributed by atoms with Crippen LogP contribution in [0.4, 0.5) is 16.2 Å². The van der Waals surface area contributed by atoms with Gasteiger partial charge in [0, 0.05) is 37.0 Å². The molecule has 0 aromatic heterocycles. The van der Waals surface area contributed by atoms with Crippen molar-refractivity contribution in [2.45, 2.75) is 58.3 Å². The van der Waals surface area contributed by atoms with Gasteiger partial charge in [-0.25, -0.2) is 4.79 Å². The molecule has 0 fully saturated rings. The largest absolute Gasteiger partial charge is 0.497 e. The highest BCUT2D eigenvalue weighted by Gasteiger charge is 2.29. The van der Waals surface area contributed by atoms with Crippen LogP contribution in [0.1, 0.15) is 50.4 Å². The highest BCUT2D eigenvalue weighted by atomic mass is 16.5. The standard InChI is InChI=1S/C30H44N4O6/c1-20-18-34(21(2)19-35)29(36)26-16-24(33-30(37)32-23-9-12-25(38-5)13-10-23)11-14-27(26)40-22(3)8-6-7-15-39-28(20)17-31-4/h9-14,16,20-22,28,31,35H,6-8,15,17-19H2,1-5H3,(H2,32,33,37)/t20-,21-,22-,28-/m0/s1. The number of benzene rings is 2. The zero-order valence-electron chi connectivity index (χ0n) is 24.2. The maximum Gasteiger partial charge on any atom is 0.323 e. The fraction of sp³-hybridized carbons (Fsp3) is 0.533. The van der Waals surface area contributed by atoms with Crippen molar-refractivity contribution in [2.75, 3.05) is 51.1 Å². The Bertz CT molecular complexity index is 1100. The third-order valence-corrected chi connectivity index (χ3v) is 7.06. The van der Waals surface area contributed by atoms with E-state index < -0.39 is 12.1 Å². The minimum Gasteiger partial charge on any atom is -0.497 e. The Hall–Kier alpha value is -3.34. The van der Waals surface area contributed by atoms with Crippen molar-refractivity contribution in [1.82, 2.24) is 10.2 Å². The lowest BCUT2D eigenvalue weighted by molar-refractivity contribution is -0.000451. The number of hydrogen-bond acceptors (Lipinski definition) is 7. The molecule has 4 atom stereocenters. The Morgan fingerprint density at radius 1 is 1.12 bits per heavy atom. The Morgan fingerprint density at radius 2 is 1.82 bits per heavy atom. The molecule has 0 aliphatic carbocycles. The van der Waals surface area contributed by atoms with Gasteiger partial charge < -0.3 is 40.2 Å². The van der Waals surface area contributed by atoms with Gasteiger partial charge in [0.05, 0.1) is 37.5 Å². The van der Waals surface area contributed by atoms with Crippen molar-refractivity contribution in [1.29, 1.82) is 0 Å². The topological polar surface area (TPSA) is 121 Å². The van der Waals surface area contributed by atoms with Gasteiger partial charge >= 0.3 is 6.03 Å². The van der Waals surface area contributed by atoms with E-state index in [2.05, 4.69) is 22.9 Å². The molecule has 0 unspecified atom stereocenters. The molecule has 2 aromatic rings. The number of rotatable bonds is 7. The van der Waals surface area contributed by atoms with Crippen molar-refractivity contribution in [3.05, 3.63) is 48.0 Å². The maximum atomic E-state index is 14.1. The first-order chi connectivity index (χ1) is 19.2. The van der Waals surface area contributed by atoms with Crippen LogP contribution < -0.4 is 25.4 Å². The fourth-order valence-electron chi connectivity index (χ4n) is 4.66. The second kappa shape index (κ2) is 15.4. The van der Waals surface area contributed by atoms with Gasteiger partial charge in [0.25, 0.3) is 5.91 Å². The summed E-state index contributed by atoms with van der Waals surface area (Å²) in [6, 6.07) is 11.2. The van der Waals surface area contributed by atoms with Crippen molar-refractivity contribution in [3.8, 4) is 11.5 Å². The summed E-state index contributed by atoms with van der Waals surface area (Å²) in [6.45, 7) is 7.34. The molecule has 3 amide bonds. The average molecular weight is 557 g/mol. The van der Waals surface area contributed by atoms with Crippen LogP contribution in [0, 0.1) is 5.92 Å². The number of ether oxygens (including phenoxy) is 3. The smallest absolute Gasteiger partial charge is 0.323 e. The highest BCUT2D eigenvalue weighted by Crippen LogP contribution is 2.28. The second-order valence-electron chi connectivity index (χ2n) is 10.4. The quantitative estimate of drug-likeness (QED) is 0.400. The first-order valence-corrected chi connectivity index (χ1v) is 14.0. The molecule has 0 spiro atoms. The Morgan fingerprint density at radius 3 is 2.50 bits per heavy atom. The molecule has 10 heteroatoms.